The van der Waals surface area contributed by atoms with Crippen molar-refractivity contribution in [3.05, 3.63) is 53.1 Å². The molecule has 3 aromatic rings. The molecule has 0 bridgehead atoms. The Labute approximate surface area is 143 Å². The topological polar surface area (TPSA) is 86.5 Å². The van der Waals surface area contributed by atoms with Crippen molar-refractivity contribution in [1.29, 1.82) is 0 Å². The van der Waals surface area contributed by atoms with Crippen molar-refractivity contribution in [3.8, 4) is 23.0 Å². The number of aryl methyl sites for hydroxylation is 2. The van der Waals surface area contributed by atoms with Crippen molar-refractivity contribution in [2.24, 2.45) is 0 Å². The summed E-state index contributed by atoms with van der Waals surface area (Å²) in [5, 5.41) is 10.5. The Morgan fingerprint density at radius 2 is 1.84 bits per heavy atom. The second kappa shape index (κ2) is 5.94. The summed E-state index contributed by atoms with van der Waals surface area (Å²) in [6.07, 6.45) is 0. The van der Waals surface area contributed by atoms with Crippen LogP contribution in [0.25, 0.3) is 11.5 Å². The van der Waals surface area contributed by atoms with Crippen molar-refractivity contribution >= 4 is 11.9 Å². The van der Waals surface area contributed by atoms with Gasteiger partial charge in [0.25, 0.3) is 5.91 Å². The minimum absolute atomic E-state index is 0.0379. The maximum absolute atomic E-state index is 12.3. The van der Waals surface area contributed by atoms with Gasteiger partial charge < -0.3 is 13.9 Å². The largest absolute Gasteiger partial charge is 0.454 e. The van der Waals surface area contributed by atoms with Crippen molar-refractivity contribution in [2.75, 3.05) is 12.1 Å². The van der Waals surface area contributed by atoms with E-state index in [1.807, 2.05) is 32.0 Å². The lowest BCUT2D eigenvalue weighted by molar-refractivity contribution is 0.102. The Bertz CT molecular complexity index is 965. The zero-order chi connectivity index (χ0) is 17.4. The molecule has 2 heterocycles. The monoisotopic (exact) mass is 337 g/mol. The van der Waals surface area contributed by atoms with Gasteiger partial charge in [0.1, 0.15) is 0 Å². The molecule has 0 atom stereocenters. The van der Waals surface area contributed by atoms with Crippen LogP contribution in [-0.2, 0) is 0 Å². The molecule has 2 aromatic carbocycles. The van der Waals surface area contributed by atoms with Crippen molar-refractivity contribution in [1.82, 2.24) is 10.2 Å². The number of anilines is 1. The van der Waals surface area contributed by atoms with Crippen LogP contribution < -0.4 is 14.8 Å². The third-order valence-corrected chi connectivity index (χ3v) is 4.03. The van der Waals surface area contributed by atoms with Gasteiger partial charge >= 0.3 is 6.01 Å². The smallest absolute Gasteiger partial charge is 0.322 e. The van der Waals surface area contributed by atoms with Gasteiger partial charge in [0, 0.05) is 11.1 Å². The second-order valence-corrected chi connectivity index (χ2v) is 5.73. The van der Waals surface area contributed by atoms with Crippen LogP contribution in [0.5, 0.6) is 11.5 Å². The van der Waals surface area contributed by atoms with Gasteiger partial charge in [-0.3, -0.25) is 10.1 Å². The number of nitrogens with zero attached hydrogens (tertiary/aromatic N) is 2. The normalized spacial score (nSPS) is 12.2. The summed E-state index contributed by atoms with van der Waals surface area (Å²) in [6, 6.07) is 10.8. The fraction of sp³-hybridized carbons (Fsp3) is 0.167. The average Bonchev–Trinajstić information content (AvgIpc) is 3.25. The zero-order valence-electron chi connectivity index (χ0n) is 13.7. The molecule has 7 heteroatoms. The first-order valence-electron chi connectivity index (χ1n) is 7.72. The van der Waals surface area contributed by atoms with Crippen LogP contribution in [0.4, 0.5) is 6.01 Å². The van der Waals surface area contributed by atoms with Crippen LogP contribution >= 0.6 is 0 Å². The third-order valence-electron chi connectivity index (χ3n) is 4.03. The molecule has 0 aliphatic carbocycles. The molecule has 1 aromatic heterocycles. The van der Waals surface area contributed by atoms with E-state index in [2.05, 4.69) is 15.5 Å². The Hall–Kier alpha value is -3.35. The average molecular weight is 337 g/mol. The quantitative estimate of drug-likeness (QED) is 0.789. The summed E-state index contributed by atoms with van der Waals surface area (Å²) < 4.78 is 16.0. The summed E-state index contributed by atoms with van der Waals surface area (Å²) in [5.41, 5.74) is 3.52. The lowest BCUT2D eigenvalue weighted by Gasteiger charge is -2.02. The summed E-state index contributed by atoms with van der Waals surface area (Å²) in [5.74, 6) is 1.14. The molecule has 126 valence electrons. The maximum Gasteiger partial charge on any atom is 0.322 e. The Kier molecular flexibility index (Phi) is 3.61. The molecule has 0 spiro atoms. The number of hydrogen-bond acceptors (Lipinski definition) is 6. The second-order valence-electron chi connectivity index (χ2n) is 5.73. The number of aromatic nitrogens is 2. The first-order chi connectivity index (χ1) is 12.1. The summed E-state index contributed by atoms with van der Waals surface area (Å²) in [4.78, 5) is 12.3. The fourth-order valence-electron chi connectivity index (χ4n) is 2.47. The molecule has 25 heavy (non-hydrogen) atoms. The molecule has 0 saturated heterocycles. The van der Waals surface area contributed by atoms with Gasteiger partial charge in [0.15, 0.2) is 11.5 Å². The number of benzene rings is 2. The van der Waals surface area contributed by atoms with Crippen molar-refractivity contribution < 1.29 is 18.7 Å². The zero-order valence-corrected chi connectivity index (χ0v) is 13.7. The fourth-order valence-corrected chi connectivity index (χ4v) is 2.47. The van der Waals surface area contributed by atoms with E-state index >= 15 is 0 Å². The van der Waals surface area contributed by atoms with Crippen LogP contribution in [0, 0.1) is 13.8 Å². The van der Waals surface area contributed by atoms with Gasteiger partial charge in [-0.15, -0.1) is 5.10 Å². The Morgan fingerprint density at radius 1 is 1.00 bits per heavy atom. The predicted molar refractivity (Wildman–Crippen MR) is 89.7 cm³/mol. The molecule has 7 nitrogen and oxygen atoms in total. The predicted octanol–water partition coefficient (Wildman–Crippen LogP) is 3.33. The highest BCUT2D eigenvalue weighted by molar-refractivity contribution is 6.03. The number of hydrogen-bond donors (Lipinski definition) is 1. The van der Waals surface area contributed by atoms with Crippen LogP contribution in [0.3, 0.4) is 0 Å². The number of rotatable bonds is 3. The molecule has 0 unspecified atom stereocenters. The van der Waals surface area contributed by atoms with Crippen LogP contribution in [-0.4, -0.2) is 22.9 Å². The van der Waals surface area contributed by atoms with E-state index in [0.717, 1.165) is 11.1 Å². The standard InChI is InChI=1S/C18H15N3O4/c1-10-3-4-13(7-11(10)2)17-20-21-18(25-17)19-16(22)12-5-6-14-15(8-12)24-9-23-14/h3-8H,9H2,1-2H3,(H,19,21,22). The molecule has 1 N–H and O–H groups in total. The van der Waals surface area contributed by atoms with Gasteiger partial charge in [-0.05, 0) is 55.3 Å². The molecular weight excluding hydrogens is 322 g/mol. The maximum atomic E-state index is 12.3. The first-order valence-corrected chi connectivity index (χ1v) is 7.72. The van der Waals surface area contributed by atoms with E-state index in [-0.39, 0.29) is 18.7 Å². The first kappa shape index (κ1) is 15.2. The van der Waals surface area contributed by atoms with E-state index in [0.29, 0.717) is 23.0 Å². The van der Waals surface area contributed by atoms with Gasteiger partial charge in [0.2, 0.25) is 12.7 Å². The molecule has 0 radical (unpaired) electrons. The van der Waals surface area contributed by atoms with E-state index < -0.39 is 0 Å². The van der Waals surface area contributed by atoms with E-state index in [4.69, 9.17) is 13.9 Å². The summed E-state index contributed by atoms with van der Waals surface area (Å²) >= 11 is 0. The molecule has 1 aliphatic rings. The molecule has 1 aliphatic heterocycles. The Balaban J connectivity index is 1.52. The molecule has 4 rings (SSSR count). The number of amides is 1. The highest BCUT2D eigenvalue weighted by Gasteiger charge is 2.18. The van der Waals surface area contributed by atoms with Gasteiger partial charge in [-0.2, -0.15) is 0 Å². The molecule has 0 saturated carbocycles. The lowest BCUT2D eigenvalue weighted by Crippen LogP contribution is -2.12. The minimum Gasteiger partial charge on any atom is -0.454 e. The minimum atomic E-state index is -0.367. The third kappa shape index (κ3) is 2.91. The lowest BCUT2D eigenvalue weighted by atomic mass is 10.1. The molecule has 0 fully saturated rings. The number of nitrogens with one attached hydrogen (secondary N) is 1. The van der Waals surface area contributed by atoms with E-state index in [1.165, 1.54) is 5.56 Å². The SMILES string of the molecule is Cc1ccc(-c2nnc(NC(=O)c3ccc4c(c3)OCO4)o2)cc1C. The number of carbonyl (C=O) groups excluding carboxylic acids is 1. The van der Waals surface area contributed by atoms with Crippen molar-refractivity contribution in [2.45, 2.75) is 13.8 Å². The van der Waals surface area contributed by atoms with Crippen LogP contribution in [0.1, 0.15) is 21.5 Å². The van der Waals surface area contributed by atoms with E-state index in [1.54, 1.807) is 18.2 Å². The van der Waals surface area contributed by atoms with Crippen LogP contribution in [0.15, 0.2) is 40.8 Å². The highest BCUT2D eigenvalue weighted by atomic mass is 16.7. The van der Waals surface area contributed by atoms with Gasteiger partial charge in [-0.1, -0.05) is 11.2 Å². The van der Waals surface area contributed by atoms with Gasteiger partial charge in [-0.25, -0.2) is 0 Å². The van der Waals surface area contributed by atoms with E-state index in [9.17, 15) is 4.79 Å². The van der Waals surface area contributed by atoms with Gasteiger partial charge in [0.05, 0.1) is 0 Å². The summed E-state index contributed by atoms with van der Waals surface area (Å²) in [6.45, 7) is 4.20. The Morgan fingerprint density at radius 3 is 2.68 bits per heavy atom. The highest BCUT2D eigenvalue weighted by Crippen LogP contribution is 2.32. The molecule has 1 amide bonds. The number of ether oxygens (including phenoxy) is 2. The molecular formula is C18H15N3O4. The van der Waals surface area contributed by atoms with Crippen LogP contribution in [0.2, 0.25) is 0 Å². The summed E-state index contributed by atoms with van der Waals surface area (Å²) in [7, 11) is 0. The number of fused-ring (bicyclic) bond motifs is 1. The van der Waals surface area contributed by atoms with Crippen molar-refractivity contribution in [3.63, 3.8) is 0 Å². The number of carbonyl (C=O) groups is 1.